The van der Waals surface area contributed by atoms with Crippen molar-refractivity contribution in [3.8, 4) is 11.4 Å². The van der Waals surface area contributed by atoms with Crippen molar-refractivity contribution in [3.05, 3.63) is 23.3 Å². The minimum absolute atomic E-state index is 0.0600. The highest BCUT2D eigenvalue weighted by Gasteiger charge is 2.39. The monoisotopic (exact) mass is 505 g/mol. The first-order chi connectivity index (χ1) is 16.3. The summed E-state index contributed by atoms with van der Waals surface area (Å²) in [7, 11) is -3.27. The standard InChI is InChI=1S/C21H27N7O4S2/c1-2-34(30,31)28-5-3-21(29,4-6-28)16-11-15-17(33-16)19(27-7-9-32-10-8-27)26-18(25-15)14-12-23-20(22)24-13-14/h11-13,29H,2-10H2,1H3,(H2,22,23,24). The van der Waals surface area contributed by atoms with Gasteiger partial charge in [-0.3, -0.25) is 0 Å². The Bertz CT molecular complexity index is 1280. The summed E-state index contributed by atoms with van der Waals surface area (Å²) in [5, 5.41) is 11.5. The van der Waals surface area contributed by atoms with Crippen LogP contribution in [-0.4, -0.2) is 82.9 Å². The molecule has 13 heteroatoms. The van der Waals surface area contributed by atoms with Gasteiger partial charge in [0, 0.05) is 43.4 Å². The molecule has 3 N–H and O–H groups in total. The first-order valence-electron chi connectivity index (χ1n) is 11.2. The van der Waals surface area contributed by atoms with Gasteiger partial charge in [-0.25, -0.2) is 32.7 Å². The lowest BCUT2D eigenvalue weighted by Crippen LogP contribution is -2.45. The Kier molecular flexibility index (Phi) is 6.14. The molecule has 0 saturated carbocycles. The number of rotatable bonds is 5. The number of piperidine rings is 1. The number of nitrogen functional groups attached to an aromatic ring is 1. The number of anilines is 2. The quantitative estimate of drug-likeness (QED) is 0.518. The van der Waals surface area contributed by atoms with Gasteiger partial charge in [-0.2, -0.15) is 0 Å². The summed E-state index contributed by atoms with van der Waals surface area (Å²) < 4.78 is 32.4. The number of fused-ring (bicyclic) bond motifs is 1. The van der Waals surface area contributed by atoms with Crippen molar-refractivity contribution >= 4 is 43.3 Å². The normalized spacial score (nSPS) is 19.5. The Morgan fingerprint density at radius 3 is 2.47 bits per heavy atom. The maximum absolute atomic E-state index is 12.3. The summed E-state index contributed by atoms with van der Waals surface area (Å²) >= 11 is 1.47. The van der Waals surface area contributed by atoms with E-state index in [9.17, 15) is 13.5 Å². The predicted octanol–water partition coefficient (Wildman–Crippen LogP) is 1.20. The van der Waals surface area contributed by atoms with Gasteiger partial charge in [0.05, 0.1) is 34.7 Å². The number of sulfonamides is 1. The summed E-state index contributed by atoms with van der Waals surface area (Å²) in [5.74, 6) is 1.50. The number of nitrogens with two attached hydrogens (primary N) is 1. The van der Waals surface area contributed by atoms with Gasteiger partial charge in [0.25, 0.3) is 0 Å². The van der Waals surface area contributed by atoms with Gasteiger partial charge in [0.15, 0.2) is 11.6 Å². The Balaban J connectivity index is 1.54. The number of morpholine rings is 1. The third-order valence-corrected chi connectivity index (χ3v) is 9.56. The second kappa shape index (κ2) is 8.96. The molecule has 0 aromatic carbocycles. The molecule has 2 aliphatic rings. The molecule has 0 radical (unpaired) electrons. The summed E-state index contributed by atoms with van der Waals surface area (Å²) in [4.78, 5) is 20.6. The van der Waals surface area contributed by atoms with Crippen LogP contribution in [0.3, 0.4) is 0 Å². The zero-order valence-electron chi connectivity index (χ0n) is 18.8. The van der Waals surface area contributed by atoms with E-state index in [2.05, 4.69) is 14.9 Å². The van der Waals surface area contributed by atoms with E-state index in [4.69, 9.17) is 20.4 Å². The third kappa shape index (κ3) is 4.33. The van der Waals surface area contributed by atoms with Crippen LogP contribution in [0.2, 0.25) is 0 Å². The molecule has 3 aromatic rings. The van der Waals surface area contributed by atoms with Crippen molar-refractivity contribution in [2.45, 2.75) is 25.4 Å². The van der Waals surface area contributed by atoms with Crippen LogP contribution in [0.1, 0.15) is 24.6 Å². The molecule has 2 aliphatic heterocycles. The summed E-state index contributed by atoms with van der Waals surface area (Å²) in [6.45, 7) is 4.83. The predicted molar refractivity (Wildman–Crippen MR) is 130 cm³/mol. The van der Waals surface area contributed by atoms with Gasteiger partial charge >= 0.3 is 0 Å². The van der Waals surface area contributed by atoms with Gasteiger partial charge < -0.3 is 20.5 Å². The van der Waals surface area contributed by atoms with Crippen molar-refractivity contribution in [1.82, 2.24) is 24.2 Å². The van der Waals surface area contributed by atoms with Crippen LogP contribution in [0, 0.1) is 0 Å². The van der Waals surface area contributed by atoms with Crippen LogP contribution < -0.4 is 10.6 Å². The molecule has 5 rings (SSSR count). The van der Waals surface area contributed by atoms with Crippen molar-refractivity contribution in [3.63, 3.8) is 0 Å². The van der Waals surface area contributed by atoms with Crippen LogP contribution in [0.15, 0.2) is 18.5 Å². The molecule has 3 aromatic heterocycles. The maximum atomic E-state index is 12.3. The van der Waals surface area contributed by atoms with Gasteiger partial charge in [-0.1, -0.05) is 0 Å². The molecule has 182 valence electrons. The SMILES string of the molecule is CCS(=O)(=O)N1CCC(O)(c2cc3nc(-c4cnc(N)nc4)nc(N4CCOCC4)c3s2)CC1. The number of aliphatic hydroxyl groups is 1. The van der Waals surface area contributed by atoms with Crippen LogP contribution in [0.5, 0.6) is 0 Å². The van der Waals surface area contributed by atoms with Crippen LogP contribution >= 0.6 is 11.3 Å². The highest BCUT2D eigenvalue weighted by atomic mass is 32.2. The number of hydrogen-bond donors (Lipinski definition) is 2. The molecule has 2 saturated heterocycles. The average Bonchev–Trinajstić information content (AvgIpc) is 3.30. The number of aromatic nitrogens is 4. The van der Waals surface area contributed by atoms with Crippen molar-refractivity contribution < 1.29 is 18.3 Å². The fourth-order valence-corrected chi connectivity index (χ4v) is 6.64. The fraction of sp³-hybridized carbons (Fsp3) is 0.524. The van der Waals surface area contributed by atoms with Gasteiger partial charge in [0.1, 0.15) is 5.60 Å². The molecule has 0 spiro atoms. The van der Waals surface area contributed by atoms with Crippen molar-refractivity contribution in [1.29, 1.82) is 0 Å². The van der Waals surface area contributed by atoms with Crippen LogP contribution in [-0.2, 0) is 20.4 Å². The summed E-state index contributed by atoms with van der Waals surface area (Å²) in [6.07, 6.45) is 3.85. The fourth-order valence-electron chi connectivity index (χ4n) is 4.28. The number of ether oxygens (including phenoxy) is 1. The molecule has 2 fully saturated rings. The van der Waals surface area contributed by atoms with Crippen molar-refractivity contribution in [2.24, 2.45) is 0 Å². The van der Waals surface area contributed by atoms with E-state index in [0.29, 0.717) is 50.5 Å². The van der Waals surface area contributed by atoms with Gasteiger partial charge in [-0.05, 0) is 25.8 Å². The lowest BCUT2D eigenvalue weighted by molar-refractivity contribution is -0.00626. The average molecular weight is 506 g/mol. The highest BCUT2D eigenvalue weighted by Crippen LogP contribution is 2.42. The van der Waals surface area contributed by atoms with E-state index in [1.807, 2.05) is 6.07 Å². The molecule has 0 atom stereocenters. The van der Waals surface area contributed by atoms with E-state index in [1.165, 1.54) is 15.6 Å². The molecule has 0 amide bonds. The molecular formula is C21H27N7O4S2. The van der Waals surface area contributed by atoms with E-state index >= 15 is 0 Å². The minimum atomic E-state index is -3.27. The lowest BCUT2D eigenvalue weighted by atomic mass is 9.91. The van der Waals surface area contributed by atoms with E-state index < -0.39 is 15.6 Å². The summed E-state index contributed by atoms with van der Waals surface area (Å²) in [6, 6.07) is 1.90. The number of thiophene rings is 1. The largest absolute Gasteiger partial charge is 0.384 e. The Morgan fingerprint density at radius 2 is 1.82 bits per heavy atom. The zero-order chi connectivity index (χ0) is 23.9. The van der Waals surface area contributed by atoms with E-state index in [0.717, 1.165) is 20.9 Å². The summed E-state index contributed by atoms with van der Waals surface area (Å²) in [5.41, 5.74) is 5.89. The van der Waals surface area contributed by atoms with Gasteiger partial charge in [-0.15, -0.1) is 11.3 Å². The van der Waals surface area contributed by atoms with E-state index in [-0.39, 0.29) is 24.8 Å². The second-order valence-corrected chi connectivity index (χ2v) is 11.8. The first kappa shape index (κ1) is 23.3. The lowest BCUT2D eigenvalue weighted by Gasteiger charge is -2.36. The van der Waals surface area contributed by atoms with Gasteiger partial charge in [0.2, 0.25) is 16.0 Å². The Hall–Kier alpha value is -2.45. The smallest absolute Gasteiger partial charge is 0.219 e. The minimum Gasteiger partial charge on any atom is -0.384 e. The Labute approximate surface area is 201 Å². The highest BCUT2D eigenvalue weighted by molar-refractivity contribution is 7.89. The molecule has 11 nitrogen and oxygen atoms in total. The maximum Gasteiger partial charge on any atom is 0.219 e. The molecule has 5 heterocycles. The molecule has 0 aliphatic carbocycles. The number of hydrogen-bond acceptors (Lipinski definition) is 11. The molecule has 0 unspecified atom stereocenters. The molecule has 0 bridgehead atoms. The zero-order valence-corrected chi connectivity index (χ0v) is 20.5. The topological polar surface area (TPSA) is 148 Å². The van der Waals surface area contributed by atoms with Crippen molar-refractivity contribution in [2.75, 3.05) is 55.8 Å². The second-order valence-electron chi connectivity index (χ2n) is 8.46. The third-order valence-electron chi connectivity index (χ3n) is 6.36. The molecule has 34 heavy (non-hydrogen) atoms. The molecular weight excluding hydrogens is 478 g/mol. The first-order valence-corrected chi connectivity index (χ1v) is 13.6. The van der Waals surface area contributed by atoms with Crippen LogP contribution in [0.4, 0.5) is 11.8 Å². The van der Waals surface area contributed by atoms with Crippen LogP contribution in [0.25, 0.3) is 21.6 Å². The Morgan fingerprint density at radius 1 is 1.15 bits per heavy atom. The van der Waals surface area contributed by atoms with E-state index in [1.54, 1.807) is 19.3 Å². The number of nitrogens with zero attached hydrogens (tertiary/aromatic N) is 6.